The van der Waals surface area contributed by atoms with Crippen molar-refractivity contribution in [2.24, 2.45) is 0 Å². The fourth-order valence-electron chi connectivity index (χ4n) is 6.25. The second-order valence-corrected chi connectivity index (χ2v) is 13.4. The van der Waals surface area contributed by atoms with Gasteiger partial charge in [0.25, 0.3) is 0 Å². The summed E-state index contributed by atoms with van der Waals surface area (Å²) >= 11 is 0. The van der Waals surface area contributed by atoms with E-state index in [1.807, 2.05) is 0 Å². The van der Waals surface area contributed by atoms with Crippen molar-refractivity contribution in [3.05, 3.63) is 164 Å². The SMILES string of the molecule is c1ccc(N(c2ccccc2)c2cccc3c2[Si](c2ccccc2)(c2ccccc2)c2ccccc2-3)cc1. The molecule has 180 valence electrons. The van der Waals surface area contributed by atoms with Crippen molar-refractivity contribution in [3.8, 4) is 11.1 Å². The summed E-state index contributed by atoms with van der Waals surface area (Å²) in [5.41, 5.74) is 6.26. The molecule has 0 radical (unpaired) electrons. The lowest BCUT2D eigenvalue weighted by molar-refractivity contribution is 1.29. The predicted molar refractivity (Wildman–Crippen MR) is 164 cm³/mol. The van der Waals surface area contributed by atoms with Crippen LogP contribution in [0.5, 0.6) is 0 Å². The Labute approximate surface area is 225 Å². The van der Waals surface area contributed by atoms with E-state index in [-0.39, 0.29) is 0 Å². The Hall–Kier alpha value is -4.66. The number of hydrogen-bond donors (Lipinski definition) is 0. The molecule has 6 aromatic carbocycles. The molecule has 0 atom stereocenters. The summed E-state index contributed by atoms with van der Waals surface area (Å²) < 4.78 is 0. The molecular weight excluding hydrogens is 474 g/mol. The van der Waals surface area contributed by atoms with Gasteiger partial charge in [-0.2, -0.15) is 0 Å². The normalized spacial score (nSPS) is 12.9. The Balaban J connectivity index is 1.64. The molecule has 1 aliphatic rings. The van der Waals surface area contributed by atoms with Crippen molar-refractivity contribution in [2.45, 2.75) is 0 Å². The third-order valence-electron chi connectivity index (χ3n) is 7.72. The summed E-state index contributed by atoms with van der Waals surface area (Å²) in [5, 5.41) is 5.73. The molecule has 1 aliphatic heterocycles. The van der Waals surface area contributed by atoms with E-state index in [2.05, 4.69) is 169 Å². The largest absolute Gasteiger partial charge is 0.311 e. The zero-order valence-electron chi connectivity index (χ0n) is 21.0. The van der Waals surface area contributed by atoms with E-state index in [0.717, 1.165) is 11.4 Å². The van der Waals surface area contributed by atoms with E-state index in [4.69, 9.17) is 0 Å². The van der Waals surface area contributed by atoms with Gasteiger partial charge in [-0.1, -0.05) is 133 Å². The zero-order valence-corrected chi connectivity index (χ0v) is 22.0. The highest BCUT2D eigenvalue weighted by molar-refractivity contribution is 7.22. The van der Waals surface area contributed by atoms with Crippen molar-refractivity contribution in [2.75, 3.05) is 4.90 Å². The first kappa shape index (κ1) is 22.5. The Morgan fingerprint density at radius 2 is 0.816 bits per heavy atom. The highest BCUT2D eigenvalue weighted by Crippen LogP contribution is 2.39. The number of para-hydroxylation sites is 2. The summed E-state index contributed by atoms with van der Waals surface area (Å²) in [7, 11) is -2.64. The van der Waals surface area contributed by atoms with Gasteiger partial charge in [0, 0.05) is 17.1 Å². The summed E-state index contributed by atoms with van der Waals surface area (Å²) in [6, 6.07) is 59.9. The molecule has 0 saturated carbocycles. The van der Waals surface area contributed by atoms with E-state index < -0.39 is 8.07 Å². The van der Waals surface area contributed by atoms with Crippen LogP contribution in [-0.4, -0.2) is 8.07 Å². The predicted octanol–water partition coefficient (Wildman–Crippen LogP) is 6.51. The lowest BCUT2D eigenvalue weighted by Crippen LogP contribution is -2.73. The van der Waals surface area contributed by atoms with E-state index in [1.54, 1.807) is 0 Å². The summed E-state index contributed by atoms with van der Waals surface area (Å²) in [5.74, 6) is 0. The van der Waals surface area contributed by atoms with Crippen LogP contribution >= 0.6 is 0 Å². The van der Waals surface area contributed by atoms with Crippen molar-refractivity contribution in [1.82, 2.24) is 0 Å². The van der Waals surface area contributed by atoms with Gasteiger partial charge in [0.1, 0.15) is 0 Å². The first-order valence-electron chi connectivity index (χ1n) is 13.1. The third kappa shape index (κ3) is 3.38. The van der Waals surface area contributed by atoms with Gasteiger partial charge in [-0.15, -0.1) is 0 Å². The fourth-order valence-corrected chi connectivity index (χ4v) is 11.6. The van der Waals surface area contributed by atoms with Gasteiger partial charge < -0.3 is 4.90 Å². The highest BCUT2D eigenvalue weighted by atomic mass is 28.3. The number of anilines is 3. The number of nitrogens with zero attached hydrogens (tertiary/aromatic N) is 1. The molecule has 6 aromatic rings. The molecule has 0 aromatic heterocycles. The van der Waals surface area contributed by atoms with Crippen molar-refractivity contribution in [1.29, 1.82) is 0 Å². The Morgan fingerprint density at radius 3 is 1.37 bits per heavy atom. The second-order valence-electron chi connectivity index (χ2n) is 9.73. The quantitative estimate of drug-likeness (QED) is 0.243. The maximum Gasteiger partial charge on any atom is 0.183 e. The average molecular weight is 502 g/mol. The fraction of sp³-hybridized carbons (Fsp3) is 0. The molecule has 7 rings (SSSR count). The third-order valence-corrected chi connectivity index (χ3v) is 12.6. The molecule has 0 spiro atoms. The molecule has 0 aliphatic carbocycles. The first-order chi connectivity index (χ1) is 18.9. The molecule has 0 amide bonds. The zero-order chi connectivity index (χ0) is 25.4. The Bertz CT molecular complexity index is 1620. The number of fused-ring (bicyclic) bond motifs is 3. The van der Waals surface area contributed by atoms with Gasteiger partial charge in [0.15, 0.2) is 8.07 Å². The van der Waals surface area contributed by atoms with Gasteiger partial charge in [-0.05, 0) is 62.2 Å². The van der Waals surface area contributed by atoms with E-state index in [1.165, 1.54) is 37.6 Å². The van der Waals surface area contributed by atoms with E-state index >= 15 is 0 Å². The van der Waals surface area contributed by atoms with Gasteiger partial charge in [-0.25, -0.2) is 0 Å². The smallest absolute Gasteiger partial charge is 0.183 e. The molecule has 0 fully saturated rings. The highest BCUT2D eigenvalue weighted by Gasteiger charge is 2.50. The van der Waals surface area contributed by atoms with Crippen LogP contribution in [0, 0.1) is 0 Å². The average Bonchev–Trinajstić information content (AvgIpc) is 3.31. The lowest BCUT2D eigenvalue weighted by atomic mass is 10.0. The molecule has 1 heterocycles. The summed E-state index contributed by atoms with van der Waals surface area (Å²) in [6.07, 6.45) is 0. The molecule has 0 saturated heterocycles. The maximum absolute atomic E-state index is 2.64. The molecule has 0 unspecified atom stereocenters. The van der Waals surface area contributed by atoms with Crippen LogP contribution in [0.15, 0.2) is 164 Å². The van der Waals surface area contributed by atoms with Gasteiger partial charge in [-0.3, -0.25) is 0 Å². The Kier molecular flexibility index (Phi) is 5.53. The minimum atomic E-state index is -2.64. The van der Waals surface area contributed by atoms with Crippen molar-refractivity contribution in [3.63, 3.8) is 0 Å². The molecule has 2 heteroatoms. The standard InChI is InChI=1S/C36H27NSi/c1-5-16-28(17-6-1)37(29-18-7-2-8-19-29)34-26-15-25-33-32-24-13-14-27-35(32)38(36(33)34,30-20-9-3-10-21-30)31-22-11-4-12-23-31/h1-27H. The lowest BCUT2D eigenvalue weighted by Gasteiger charge is -2.36. The van der Waals surface area contributed by atoms with Crippen LogP contribution in [0.4, 0.5) is 17.1 Å². The number of rotatable bonds is 5. The molecule has 0 bridgehead atoms. The minimum Gasteiger partial charge on any atom is -0.311 e. The van der Waals surface area contributed by atoms with E-state index in [0.29, 0.717) is 0 Å². The van der Waals surface area contributed by atoms with Crippen molar-refractivity contribution < 1.29 is 0 Å². The summed E-state index contributed by atoms with van der Waals surface area (Å²) in [6.45, 7) is 0. The van der Waals surface area contributed by atoms with Crippen LogP contribution in [0.25, 0.3) is 11.1 Å². The molecule has 0 N–H and O–H groups in total. The van der Waals surface area contributed by atoms with Crippen LogP contribution in [0.2, 0.25) is 0 Å². The molecule has 1 nitrogen and oxygen atoms in total. The minimum absolute atomic E-state index is 1.16. The summed E-state index contributed by atoms with van der Waals surface area (Å²) in [4.78, 5) is 2.44. The van der Waals surface area contributed by atoms with E-state index in [9.17, 15) is 0 Å². The monoisotopic (exact) mass is 501 g/mol. The topological polar surface area (TPSA) is 3.24 Å². The van der Waals surface area contributed by atoms with Crippen LogP contribution < -0.4 is 25.6 Å². The van der Waals surface area contributed by atoms with Crippen molar-refractivity contribution >= 4 is 45.9 Å². The van der Waals surface area contributed by atoms with Gasteiger partial charge in [0.05, 0.1) is 0 Å². The van der Waals surface area contributed by atoms with Gasteiger partial charge >= 0.3 is 0 Å². The number of hydrogen-bond acceptors (Lipinski definition) is 1. The first-order valence-corrected chi connectivity index (χ1v) is 15.1. The maximum atomic E-state index is 2.44. The van der Waals surface area contributed by atoms with Gasteiger partial charge in [0.2, 0.25) is 0 Å². The molecular formula is C36H27NSi. The van der Waals surface area contributed by atoms with Crippen LogP contribution in [-0.2, 0) is 0 Å². The second kappa shape index (κ2) is 9.33. The molecule has 38 heavy (non-hydrogen) atoms. The van der Waals surface area contributed by atoms with Crippen LogP contribution in [0.1, 0.15) is 0 Å². The Morgan fingerprint density at radius 1 is 0.368 bits per heavy atom. The number of benzene rings is 6. The van der Waals surface area contributed by atoms with Crippen LogP contribution in [0.3, 0.4) is 0 Å².